The second-order valence-corrected chi connectivity index (χ2v) is 4.69. The van der Waals surface area contributed by atoms with E-state index in [1.807, 2.05) is 43.3 Å². The average Bonchev–Trinajstić information content (AvgIpc) is 2.39. The standard InChI is InChI=1S/C14H17BrO3/c1-4-5-12(17-2)13(14(16)18-3)10-6-8-11(15)9-7-10/h4-9,12-13H,1-3H3/b5-4+/t12-,13+/m0/s1. The zero-order valence-electron chi connectivity index (χ0n) is 10.7. The predicted octanol–water partition coefficient (Wildman–Crippen LogP) is 3.30. The molecule has 0 aliphatic heterocycles. The van der Waals surface area contributed by atoms with Crippen molar-refractivity contribution in [3.63, 3.8) is 0 Å². The molecule has 0 bridgehead atoms. The Labute approximate surface area is 116 Å². The molecular formula is C14H17BrO3. The van der Waals surface area contributed by atoms with Crippen LogP contribution in [-0.4, -0.2) is 26.3 Å². The molecular weight excluding hydrogens is 296 g/mol. The fraction of sp³-hybridized carbons (Fsp3) is 0.357. The maximum atomic E-state index is 11.9. The van der Waals surface area contributed by atoms with Gasteiger partial charge in [0.25, 0.3) is 0 Å². The largest absolute Gasteiger partial charge is 0.468 e. The van der Waals surface area contributed by atoms with Gasteiger partial charge in [-0.2, -0.15) is 0 Å². The summed E-state index contributed by atoms with van der Waals surface area (Å²) in [5.74, 6) is -0.758. The van der Waals surface area contributed by atoms with Gasteiger partial charge in [-0.1, -0.05) is 40.2 Å². The molecule has 98 valence electrons. The first-order valence-electron chi connectivity index (χ1n) is 5.63. The number of benzene rings is 1. The molecule has 0 fully saturated rings. The average molecular weight is 313 g/mol. The van der Waals surface area contributed by atoms with Gasteiger partial charge in [-0.3, -0.25) is 4.79 Å². The van der Waals surface area contributed by atoms with Crippen molar-refractivity contribution < 1.29 is 14.3 Å². The fourth-order valence-corrected chi connectivity index (χ4v) is 2.04. The van der Waals surface area contributed by atoms with Gasteiger partial charge in [-0.05, 0) is 24.6 Å². The molecule has 1 rings (SSSR count). The molecule has 18 heavy (non-hydrogen) atoms. The van der Waals surface area contributed by atoms with Crippen LogP contribution < -0.4 is 0 Å². The topological polar surface area (TPSA) is 35.5 Å². The summed E-state index contributed by atoms with van der Waals surface area (Å²) >= 11 is 3.37. The highest BCUT2D eigenvalue weighted by Crippen LogP contribution is 2.25. The van der Waals surface area contributed by atoms with E-state index in [0.717, 1.165) is 10.0 Å². The smallest absolute Gasteiger partial charge is 0.316 e. The van der Waals surface area contributed by atoms with Gasteiger partial charge in [0.1, 0.15) is 5.92 Å². The molecule has 0 amide bonds. The molecule has 1 aromatic rings. The number of rotatable bonds is 5. The molecule has 0 N–H and O–H groups in total. The van der Waals surface area contributed by atoms with E-state index in [-0.39, 0.29) is 12.1 Å². The predicted molar refractivity (Wildman–Crippen MR) is 74.5 cm³/mol. The number of carbonyl (C=O) groups is 1. The molecule has 0 aromatic heterocycles. The van der Waals surface area contributed by atoms with Crippen molar-refractivity contribution in [1.29, 1.82) is 0 Å². The lowest BCUT2D eigenvalue weighted by molar-refractivity contribution is -0.145. The lowest BCUT2D eigenvalue weighted by Gasteiger charge is -2.21. The molecule has 0 unspecified atom stereocenters. The fourth-order valence-electron chi connectivity index (χ4n) is 1.77. The maximum absolute atomic E-state index is 11.9. The lowest BCUT2D eigenvalue weighted by atomic mass is 9.93. The van der Waals surface area contributed by atoms with Crippen LogP contribution in [0.25, 0.3) is 0 Å². The van der Waals surface area contributed by atoms with Gasteiger partial charge in [0.2, 0.25) is 0 Å². The number of halogens is 1. The Morgan fingerprint density at radius 1 is 1.28 bits per heavy atom. The van der Waals surface area contributed by atoms with Crippen LogP contribution in [-0.2, 0) is 14.3 Å². The number of allylic oxidation sites excluding steroid dienone is 1. The monoisotopic (exact) mass is 312 g/mol. The third-order valence-electron chi connectivity index (χ3n) is 2.67. The Kier molecular flexibility index (Phi) is 6.09. The Morgan fingerprint density at radius 2 is 1.89 bits per heavy atom. The van der Waals surface area contributed by atoms with Crippen LogP contribution in [0.1, 0.15) is 18.4 Å². The molecule has 2 atom stereocenters. The molecule has 0 aliphatic rings. The third kappa shape index (κ3) is 3.68. The quantitative estimate of drug-likeness (QED) is 0.618. The van der Waals surface area contributed by atoms with E-state index < -0.39 is 5.92 Å². The Balaban J connectivity index is 3.11. The van der Waals surface area contributed by atoms with Crippen molar-refractivity contribution >= 4 is 21.9 Å². The summed E-state index contributed by atoms with van der Waals surface area (Å²) in [5, 5.41) is 0. The molecule has 0 heterocycles. The molecule has 0 saturated heterocycles. The minimum Gasteiger partial charge on any atom is -0.468 e. The van der Waals surface area contributed by atoms with Gasteiger partial charge in [0.05, 0.1) is 13.2 Å². The van der Waals surface area contributed by atoms with Gasteiger partial charge in [-0.25, -0.2) is 0 Å². The van der Waals surface area contributed by atoms with Crippen molar-refractivity contribution in [2.75, 3.05) is 14.2 Å². The van der Waals surface area contributed by atoms with Crippen LogP contribution in [0, 0.1) is 0 Å². The van der Waals surface area contributed by atoms with Gasteiger partial charge in [-0.15, -0.1) is 0 Å². The van der Waals surface area contributed by atoms with E-state index in [9.17, 15) is 4.79 Å². The summed E-state index contributed by atoms with van der Waals surface area (Å²) in [6.45, 7) is 1.89. The highest BCUT2D eigenvalue weighted by molar-refractivity contribution is 9.10. The maximum Gasteiger partial charge on any atom is 0.316 e. The van der Waals surface area contributed by atoms with Gasteiger partial charge < -0.3 is 9.47 Å². The van der Waals surface area contributed by atoms with Crippen LogP contribution in [0.15, 0.2) is 40.9 Å². The first-order valence-corrected chi connectivity index (χ1v) is 6.42. The Morgan fingerprint density at radius 3 is 2.33 bits per heavy atom. The molecule has 0 aliphatic carbocycles. The van der Waals surface area contributed by atoms with Crippen molar-refractivity contribution in [2.24, 2.45) is 0 Å². The number of carbonyl (C=O) groups excluding carboxylic acids is 1. The van der Waals surface area contributed by atoms with Crippen molar-refractivity contribution in [2.45, 2.75) is 18.9 Å². The molecule has 0 spiro atoms. The highest BCUT2D eigenvalue weighted by atomic mass is 79.9. The van der Waals surface area contributed by atoms with Crippen molar-refractivity contribution in [1.82, 2.24) is 0 Å². The summed E-state index contributed by atoms with van der Waals surface area (Å²) in [4.78, 5) is 11.9. The number of methoxy groups -OCH3 is 2. The number of ether oxygens (including phenoxy) is 2. The van der Waals surface area contributed by atoms with Crippen LogP contribution >= 0.6 is 15.9 Å². The minimum atomic E-state index is -0.454. The second-order valence-electron chi connectivity index (χ2n) is 3.78. The third-order valence-corrected chi connectivity index (χ3v) is 3.20. The summed E-state index contributed by atoms with van der Waals surface area (Å²) in [7, 11) is 2.97. The SMILES string of the molecule is C/C=C/[C@H](OC)[C@H](C(=O)OC)c1ccc(Br)cc1. The van der Waals surface area contributed by atoms with E-state index >= 15 is 0 Å². The number of hydrogen-bond acceptors (Lipinski definition) is 3. The second kappa shape index (κ2) is 7.34. The minimum absolute atomic E-state index is 0.303. The van der Waals surface area contributed by atoms with Crippen LogP contribution in [0.3, 0.4) is 0 Å². The highest BCUT2D eigenvalue weighted by Gasteiger charge is 2.29. The summed E-state index contributed by atoms with van der Waals surface area (Å²) in [5.41, 5.74) is 0.870. The van der Waals surface area contributed by atoms with E-state index in [0.29, 0.717) is 0 Å². The molecule has 3 nitrogen and oxygen atoms in total. The van der Waals surface area contributed by atoms with Crippen molar-refractivity contribution in [3.8, 4) is 0 Å². The zero-order valence-corrected chi connectivity index (χ0v) is 12.3. The number of hydrogen-bond donors (Lipinski definition) is 0. The number of esters is 1. The summed E-state index contributed by atoms with van der Waals surface area (Å²) in [6.07, 6.45) is 3.38. The van der Waals surface area contributed by atoms with E-state index in [4.69, 9.17) is 9.47 Å². The van der Waals surface area contributed by atoms with Crippen molar-refractivity contribution in [3.05, 3.63) is 46.5 Å². The lowest BCUT2D eigenvalue weighted by Crippen LogP contribution is -2.27. The van der Waals surface area contributed by atoms with E-state index in [2.05, 4.69) is 15.9 Å². The summed E-state index contributed by atoms with van der Waals surface area (Å²) < 4.78 is 11.2. The zero-order chi connectivity index (χ0) is 13.5. The van der Waals surface area contributed by atoms with Gasteiger partial charge in [0, 0.05) is 11.6 Å². The molecule has 1 aromatic carbocycles. The van der Waals surface area contributed by atoms with Crippen LogP contribution in [0.2, 0.25) is 0 Å². The Hall–Kier alpha value is -1.13. The molecule has 0 saturated carbocycles. The molecule has 0 radical (unpaired) electrons. The van der Waals surface area contributed by atoms with Crippen LogP contribution in [0.4, 0.5) is 0 Å². The first kappa shape index (κ1) is 14.9. The van der Waals surface area contributed by atoms with Gasteiger partial charge >= 0.3 is 5.97 Å². The first-order chi connectivity index (χ1) is 8.63. The van der Waals surface area contributed by atoms with E-state index in [1.54, 1.807) is 7.11 Å². The summed E-state index contributed by atoms with van der Waals surface area (Å²) in [6, 6.07) is 7.57. The normalized spacial score (nSPS) is 14.4. The van der Waals surface area contributed by atoms with Gasteiger partial charge in [0.15, 0.2) is 0 Å². The Bertz CT molecular complexity index is 412. The van der Waals surface area contributed by atoms with E-state index in [1.165, 1.54) is 7.11 Å². The van der Waals surface area contributed by atoms with Crippen LogP contribution in [0.5, 0.6) is 0 Å². The molecule has 4 heteroatoms.